The molecule has 3 rings (SSSR count). The highest BCUT2D eigenvalue weighted by Crippen LogP contribution is 2.16. The average molecular weight is 511 g/mol. The van der Waals surface area contributed by atoms with Crippen LogP contribution in [0, 0.1) is 12.8 Å². The molecule has 1 heterocycles. The van der Waals surface area contributed by atoms with Crippen molar-refractivity contribution >= 4 is 5.91 Å². The van der Waals surface area contributed by atoms with E-state index in [0.29, 0.717) is 24.2 Å². The summed E-state index contributed by atoms with van der Waals surface area (Å²) in [6.07, 6.45) is 12.5. The van der Waals surface area contributed by atoms with E-state index >= 15 is 0 Å². The molecule has 1 aliphatic rings. The first-order chi connectivity index (χ1) is 17.8. The van der Waals surface area contributed by atoms with Crippen molar-refractivity contribution in [2.75, 3.05) is 19.7 Å². The number of hydrogen-bond donors (Lipinski definition) is 2. The second-order valence-corrected chi connectivity index (χ2v) is 10.3. The Bertz CT molecular complexity index is 913. The van der Waals surface area contributed by atoms with E-state index in [1.165, 1.54) is 12.0 Å². The molecule has 204 valence electrons. The van der Waals surface area contributed by atoms with Crippen LogP contribution in [0.4, 0.5) is 0 Å². The molecule has 0 saturated heterocycles. The molecule has 2 N–H and O–H groups in total. The van der Waals surface area contributed by atoms with Crippen LogP contribution in [0.1, 0.15) is 77.6 Å². The van der Waals surface area contributed by atoms with Crippen LogP contribution in [0.15, 0.2) is 36.4 Å². The Kier molecular flexibility index (Phi) is 14.6. The average Bonchev–Trinajstić information content (AvgIpc) is 2.86. The van der Waals surface area contributed by atoms with E-state index in [-0.39, 0.29) is 18.6 Å². The molecule has 0 aliphatic heterocycles. The van der Waals surface area contributed by atoms with Gasteiger partial charge in [-0.05, 0) is 63.4 Å². The summed E-state index contributed by atoms with van der Waals surface area (Å²) in [6, 6.07) is 8.77. The highest BCUT2D eigenvalue weighted by molar-refractivity contribution is 5.77. The monoisotopic (exact) mass is 510 g/mol. The molecule has 0 saturated carbocycles. The lowest BCUT2D eigenvalue weighted by molar-refractivity contribution is -0.128. The number of nitrogens with zero attached hydrogens (tertiary/aromatic N) is 4. The van der Waals surface area contributed by atoms with Crippen molar-refractivity contribution in [1.82, 2.24) is 31.0 Å². The number of benzene rings is 1. The van der Waals surface area contributed by atoms with E-state index in [1.54, 1.807) is 6.92 Å². The molecular formula is C29H46N6O2. The summed E-state index contributed by atoms with van der Waals surface area (Å²) in [7, 11) is 0. The predicted molar refractivity (Wildman–Crippen MR) is 149 cm³/mol. The van der Waals surface area contributed by atoms with Gasteiger partial charge in [-0.15, -0.1) is 20.4 Å². The molecule has 8 nitrogen and oxygen atoms in total. The van der Waals surface area contributed by atoms with E-state index in [4.69, 9.17) is 4.74 Å². The highest BCUT2D eigenvalue weighted by Gasteiger charge is 2.12. The van der Waals surface area contributed by atoms with Crippen molar-refractivity contribution in [3.63, 3.8) is 0 Å². The first kappa shape index (κ1) is 30.5. The number of aryl methyl sites for hydroxylation is 2. The second-order valence-electron chi connectivity index (χ2n) is 10.3. The zero-order chi connectivity index (χ0) is 26.9. The zero-order valence-corrected chi connectivity index (χ0v) is 23.4. The minimum atomic E-state index is -0.0110. The summed E-state index contributed by atoms with van der Waals surface area (Å²) in [4.78, 5) is 11.6. The predicted octanol–water partition coefficient (Wildman–Crippen LogP) is 4.84. The van der Waals surface area contributed by atoms with Gasteiger partial charge in [0, 0.05) is 24.7 Å². The number of nitrogens with one attached hydrogen (secondary N) is 2. The fourth-order valence-electron chi connectivity index (χ4n) is 3.77. The highest BCUT2D eigenvalue weighted by atomic mass is 16.5. The quantitative estimate of drug-likeness (QED) is 0.329. The van der Waals surface area contributed by atoms with Gasteiger partial charge in [-0.1, -0.05) is 64.1 Å². The van der Waals surface area contributed by atoms with Crippen molar-refractivity contribution in [1.29, 1.82) is 0 Å². The minimum absolute atomic E-state index is 0.0110. The molecule has 0 spiro atoms. The van der Waals surface area contributed by atoms with Gasteiger partial charge in [-0.25, -0.2) is 0 Å². The van der Waals surface area contributed by atoms with E-state index < -0.39 is 0 Å². The number of carbonyl (C=O) groups is 1. The number of carbonyl (C=O) groups excluding carboxylic acids is 1. The number of amides is 1. The topological polar surface area (TPSA) is 102 Å². The Balaban J connectivity index is 0.000000260. The molecule has 0 radical (unpaired) electrons. The third kappa shape index (κ3) is 14.0. The van der Waals surface area contributed by atoms with Crippen LogP contribution in [0.2, 0.25) is 0 Å². The number of allylic oxidation sites excluding steroid dienone is 2. The zero-order valence-electron chi connectivity index (χ0n) is 23.4. The molecule has 2 aromatic rings. The minimum Gasteiger partial charge on any atom is -0.368 e. The van der Waals surface area contributed by atoms with Gasteiger partial charge in [0.05, 0.1) is 6.10 Å². The number of aromatic nitrogens is 4. The molecule has 37 heavy (non-hydrogen) atoms. The summed E-state index contributed by atoms with van der Waals surface area (Å²) >= 11 is 0. The van der Waals surface area contributed by atoms with Gasteiger partial charge in [-0.2, -0.15) is 0 Å². The second kappa shape index (κ2) is 17.7. The summed E-state index contributed by atoms with van der Waals surface area (Å²) in [5, 5.41) is 22.0. The molecule has 1 atom stereocenters. The maximum absolute atomic E-state index is 11.6. The Morgan fingerprint density at radius 2 is 1.68 bits per heavy atom. The Labute approximate surface area is 223 Å². The first-order valence-electron chi connectivity index (χ1n) is 13.7. The first-order valence-corrected chi connectivity index (χ1v) is 13.7. The van der Waals surface area contributed by atoms with Crippen LogP contribution in [0.3, 0.4) is 0 Å². The number of hydrogen-bond acceptors (Lipinski definition) is 7. The fourth-order valence-corrected chi connectivity index (χ4v) is 3.77. The van der Waals surface area contributed by atoms with Crippen molar-refractivity contribution < 1.29 is 9.53 Å². The lowest BCUT2D eigenvalue weighted by Crippen LogP contribution is -2.36. The van der Waals surface area contributed by atoms with Crippen molar-refractivity contribution in [3.05, 3.63) is 47.8 Å². The van der Waals surface area contributed by atoms with Crippen LogP contribution in [0.5, 0.6) is 0 Å². The van der Waals surface area contributed by atoms with Crippen LogP contribution < -0.4 is 10.6 Å². The van der Waals surface area contributed by atoms with Gasteiger partial charge in [0.1, 0.15) is 6.61 Å². The largest absolute Gasteiger partial charge is 0.368 e. The van der Waals surface area contributed by atoms with Crippen LogP contribution in [-0.2, 0) is 16.0 Å². The maximum Gasteiger partial charge on any atom is 0.246 e. The van der Waals surface area contributed by atoms with Gasteiger partial charge in [-0.3, -0.25) is 4.79 Å². The summed E-state index contributed by atoms with van der Waals surface area (Å²) in [6.45, 7) is 12.1. The van der Waals surface area contributed by atoms with E-state index in [2.05, 4.69) is 83.0 Å². The Morgan fingerprint density at radius 1 is 0.973 bits per heavy atom. The molecule has 0 unspecified atom stereocenters. The van der Waals surface area contributed by atoms with E-state index in [0.717, 1.165) is 56.6 Å². The van der Waals surface area contributed by atoms with E-state index in [9.17, 15) is 4.79 Å². The molecule has 8 heteroatoms. The summed E-state index contributed by atoms with van der Waals surface area (Å²) < 4.78 is 5.69. The molecule has 1 aliphatic carbocycles. The van der Waals surface area contributed by atoms with Gasteiger partial charge < -0.3 is 15.4 Å². The molecular weight excluding hydrogens is 464 g/mol. The van der Waals surface area contributed by atoms with Gasteiger partial charge in [0.2, 0.25) is 11.7 Å². The van der Waals surface area contributed by atoms with Crippen LogP contribution in [-0.4, -0.2) is 58.1 Å². The lowest BCUT2D eigenvalue weighted by atomic mass is 10.0. The van der Waals surface area contributed by atoms with Crippen molar-refractivity contribution in [2.45, 2.75) is 91.7 Å². The summed E-state index contributed by atoms with van der Waals surface area (Å²) in [5.41, 5.74) is 2.31. The van der Waals surface area contributed by atoms with Crippen molar-refractivity contribution in [2.24, 2.45) is 5.92 Å². The Morgan fingerprint density at radius 3 is 2.35 bits per heavy atom. The lowest BCUT2D eigenvalue weighted by Gasteiger charge is -2.18. The van der Waals surface area contributed by atoms with Crippen molar-refractivity contribution in [3.8, 4) is 11.4 Å². The SMILES string of the molecule is CC(C)NCCNC(=O)CO[C@H]1CC/C=C/CCC1.Cc1nnc(-c2ccc(CCC(C)C)cc2)nn1. The number of ether oxygens (including phenoxy) is 1. The van der Waals surface area contributed by atoms with Gasteiger partial charge in [0.25, 0.3) is 0 Å². The third-order valence-electron chi connectivity index (χ3n) is 5.97. The van der Waals surface area contributed by atoms with Crippen LogP contribution >= 0.6 is 0 Å². The molecule has 1 amide bonds. The normalized spacial score (nSPS) is 16.5. The molecule has 0 bridgehead atoms. The fraction of sp³-hybridized carbons (Fsp3) is 0.621. The van der Waals surface area contributed by atoms with Crippen LogP contribution in [0.25, 0.3) is 11.4 Å². The van der Waals surface area contributed by atoms with Gasteiger partial charge in [0.15, 0.2) is 5.82 Å². The smallest absolute Gasteiger partial charge is 0.246 e. The third-order valence-corrected chi connectivity index (χ3v) is 5.97. The van der Waals surface area contributed by atoms with Gasteiger partial charge >= 0.3 is 0 Å². The molecule has 1 aromatic heterocycles. The standard InChI is InChI=1S/C15H28N2O2.C14H18N4/c1-13(2)16-10-11-17-15(18)12-19-14-8-6-4-3-5-7-9-14;1-10(2)4-5-12-6-8-13(9-7-12)14-17-15-11(3)16-18-14/h3-4,13-14,16H,5-12H2,1-2H3,(H,17,18);6-10H,4-5H2,1-3H3/b4-3+;/t14-;/m0./s1. The Hall–Kier alpha value is -2.71. The number of rotatable bonds is 11. The van der Waals surface area contributed by atoms with E-state index in [1.807, 2.05) is 12.1 Å². The molecule has 0 fully saturated rings. The molecule has 1 aromatic carbocycles. The maximum atomic E-state index is 11.6. The summed E-state index contributed by atoms with van der Waals surface area (Å²) in [5.74, 6) is 1.89.